The normalized spacial score (nSPS) is 11.6. The molecular weight excluding hydrogens is 440 g/mol. The lowest BCUT2D eigenvalue weighted by molar-refractivity contribution is -0.118. The Morgan fingerprint density at radius 3 is 2.28 bits per heavy atom. The number of amides is 1. The quantitative estimate of drug-likeness (QED) is 0.384. The fourth-order valence-corrected chi connectivity index (χ4v) is 5.12. The van der Waals surface area contributed by atoms with Gasteiger partial charge < -0.3 is 0 Å². The Labute approximate surface area is 192 Å². The first-order valence-corrected chi connectivity index (χ1v) is 13.1. The molecule has 5 nitrogen and oxygen atoms in total. The summed E-state index contributed by atoms with van der Waals surface area (Å²) in [5.41, 5.74) is 3.89. The van der Waals surface area contributed by atoms with Gasteiger partial charge in [0.15, 0.2) is 15.0 Å². The summed E-state index contributed by atoms with van der Waals surface area (Å²) in [4.78, 5) is 20.1. The van der Waals surface area contributed by atoms with E-state index in [0.29, 0.717) is 11.7 Å². The number of carbonyl (C=O) groups is 1. The number of hydrogen-bond acceptors (Lipinski definition) is 5. The van der Waals surface area contributed by atoms with Gasteiger partial charge >= 0.3 is 0 Å². The van der Waals surface area contributed by atoms with E-state index in [1.807, 2.05) is 36.4 Å². The summed E-state index contributed by atoms with van der Waals surface area (Å²) in [6.07, 6.45) is 2.28. The molecule has 32 heavy (non-hydrogen) atoms. The Kier molecular flexibility index (Phi) is 6.39. The molecule has 0 radical (unpaired) electrons. The van der Waals surface area contributed by atoms with E-state index in [1.54, 1.807) is 29.2 Å². The van der Waals surface area contributed by atoms with Gasteiger partial charge in [0.05, 0.1) is 28.1 Å². The summed E-state index contributed by atoms with van der Waals surface area (Å²) in [7, 11) is -3.27. The maximum Gasteiger partial charge on any atom is 0.233 e. The van der Waals surface area contributed by atoms with Crippen LogP contribution >= 0.6 is 11.3 Å². The van der Waals surface area contributed by atoms with E-state index in [0.717, 1.165) is 27.8 Å². The minimum absolute atomic E-state index is 0.0873. The first-order valence-electron chi connectivity index (χ1n) is 10.4. The lowest BCUT2D eigenvalue weighted by Crippen LogP contribution is -2.31. The van der Waals surface area contributed by atoms with Crippen LogP contribution in [-0.4, -0.2) is 25.6 Å². The van der Waals surface area contributed by atoms with Gasteiger partial charge in [0.1, 0.15) is 0 Å². The second-order valence-electron chi connectivity index (χ2n) is 7.71. The van der Waals surface area contributed by atoms with Crippen molar-refractivity contribution >= 4 is 42.4 Å². The minimum Gasteiger partial charge on any atom is -0.283 e. The van der Waals surface area contributed by atoms with Crippen molar-refractivity contribution in [1.82, 2.24) is 4.98 Å². The first kappa shape index (κ1) is 22.2. The van der Waals surface area contributed by atoms with Crippen molar-refractivity contribution in [1.29, 1.82) is 0 Å². The fourth-order valence-electron chi connectivity index (χ4n) is 3.45. The number of aromatic nitrogens is 1. The molecule has 3 aromatic carbocycles. The zero-order valence-corrected chi connectivity index (χ0v) is 19.6. The van der Waals surface area contributed by atoms with E-state index in [4.69, 9.17) is 4.98 Å². The Hall–Kier alpha value is -3.03. The molecule has 0 aliphatic rings. The average molecular weight is 465 g/mol. The third-order valence-corrected chi connectivity index (χ3v) is 7.44. The molecule has 4 aromatic rings. The van der Waals surface area contributed by atoms with Crippen LogP contribution in [-0.2, 0) is 34.0 Å². The molecular formula is C25H24N2O3S2. The summed E-state index contributed by atoms with van der Waals surface area (Å²) in [6.45, 7) is 2.53. The van der Waals surface area contributed by atoms with E-state index in [2.05, 4.69) is 19.1 Å². The lowest BCUT2D eigenvalue weighted by Gasteiger charge is -2.20. The highest BCUT2D eigenvalue weighted by atomic mass is 32.2. The van der Waals surface area contributed by atoms with Gasteiger partial charge in [-0.1, -0.05) is 66.8 Å². The van der Waals surface area contributed by atoms with Crippen molar-refractivity contribution in [3.05, 3.63) is 89.5 Å². The molecule has 0 saturated heterocycles. The predicted octanol–water partition coefficient (Wildman–Crippen LogP) is 5.04. The summed E-state index contributed by atoms with van der Waals surface area (Å²) in [6, 6.07) is 22.5. The number of sulfone groups is 1. The standard InChI is InChI=1S/C25H24N2O3S2/c1-3-18-11-14-22-23(15-18)31-25(26-22)27(17-20-7-5-4-6-8-20)24(28)16-19-9-12-21(13-10-19)32(2,29)30/h4-15H,3,16-17H2,1-2H3. The number of carbonyl (C=O) groups excluding carboxylic acids is 1. The van der Waals surface area contributed by atoms with Crippen LogP contribution in [0.25, 0.3) is 10.2 Å². The molecule has 7 heteroatoms. The zero-order chi connectivity index (χ0) is 22.7. The number of fused-ring (bicyclic) bond motifs is 1. The number of benzene rings is 3. The topological polar surface area (TPSA) is 67.3 Å². The van der Waals surface area contributed by atoms with Gasteiger partial charge in [-0.3, -0.25) is 9.69 Å². The second kappa shape index (κ2) is 9.22. The highest BCUT2D eigenvalue weighted by Gasteiger charge is 2.21. The van der Waals surface area contributed by atoms with Crippen molar-refractivity contribution in [2.45, 2.75) is 31.2 Å². The van der Waals surface area contributed by atoms with E-state index < -0.39 is 9.84 Å². The number of anilines is 1. The van der Waals surface area contributed by atoms with Crippen molar-refractivity contribution < 1.29 is 13.2 Å². The number of thiazole rings is 1. The Bertz CT molecular complexity index is 1350. The van der Waals surface area contributed by atoms with Crippen molar-refractivity contribution in [2.24, 2.45) is 0 Å². The largest absolute Gasteiger partial charge is 0.283 e. The molecule has 1 amide bonds. The maximum atomic E-state index is 13.4. The molecule has 0 aliphatic heterocycles. The minimum atomic E-state index is -3.27. The van der Waals surface area contributed by atoms with Gasteiger partial charge in [0, 0.05) is 6.26 Å². The van der Waals surface area contributed by atoms with Crippen LogP contribution < -0.4 is 4.90 Å². The zero-order valence-electron chi connectivity index (χ0n) is 18.0. The highest BCUT2D eigenvalue weighted by molar-refractivity contribution is 7.90. The molecule has 0 unspecified atom stereocenters. The fraction of sp³-hybridized carbons (Fsp3) is 0.200. The van der Waals surface area contributed by atoms with Crippen LogP contribution in [0.15, 0.2) is 77.7 Å². The van der Waals surface area contributed by atoms with Gasteiger partial charge in [0.25, 0.3) is 0 Å². The van der Waals surface area contributed by atoms with Crippen LogP contribution in [0.3, 0.4) is 0 Å². The summed E-state index contributed by atoms with van der Waals surface area (Å²) in [5, 5.41) is 0.662. The average Bonchev–Trinajstić information content (AvgIpc) is 3.20. The van der Waals surface area contributed by atoms with Crippen molar-refractivity contribution in [3.8, 4) is 0 Å². The van der Waals surface area contributed by atoms with Crippen molar-refractivity contribution in [3.63, 3.8) is 0 Å². The Balaban J connectivity index is 1.65. The highest BCUT2D eigenvalue weighted by Crippen LogP contribution is 2.31. The van der Waals surface area contributed by atoms with E-state index >= 15 is 0 Å². The molecule has 0 saturated carbocycles. The third kappa shape index (κ3) is 5.06. The van der Waals surface area contributed by atoms with Crippen molar-refractivity contribution in [2.75, 3.05) is 11.2 Å². The number of nitrogens with zero attached hydrogens (tertiary/aromatic N) is 2. The summed E-state index contributed by atoms with van der Waals surface area (Å²) >= 11 is 1.51. The SMILES string of the molecule is CCc1ccc2nc(N(Cc3ccccc3)C(=O)Cc3ccc(S(C)(=O)=O)cc3)sc2c1. The van der Waals surface area contributed by atoms with E-state index in [1.165, 1.54) is 23.2 Å². The molecule has 1 heterocycles. The molecule has 4 rings (SSSR count). The molecule has 0 N–H and O–H groups in total. The number of hydrogen-bond donors (Lipinski definition) is 0. The van der Waals surface area contributed by atoms with E-state index in [-0.39, 0.29) is 17.2 Å². The predicted molar refractivity (Wildman–Crippen MR) is 130 cm³/mol. The van der Waals surface area contributed by atoms with Crippen LogP contribution in [0.5, 0.6) is 0 Å². The van der Waals surface area contributed by atoms with E-state index in [9.17, 15) is 13.2 Å². The smallest absolute Gasteiger partial charge is 0.233 e. The Morgan fingerprint density at radius 1 is 0.938 bits per heavy atom. The van der Waals surface area contributed by atoms with Crippen LogP contribution in [0, 0.1) is 0 Å². The molecule has 0 atom stereocenters. The Morgan fingerprint density at radius 2 is 1.62 bits per heavy atom. The molecule has 0 aliphatic carbocycles. The molecule has 0 spiro atoms. The molecule has 164 valence electrons. The monoisotopic (exact) mass is 464 g/mol. The number of aryl methyl sites for hydroxylation is 1. The molecule has 0 bridgehead atoms. The van der Waals surface area contributed by atoms with Gasteiger partial charge in [-0.25, -0.2) is 13.4 Å². The number of rotatable bonds is 7. The second-order valence-corrected chi connectivity index (χ2v) is 10.7. The van der Waals surface area contributed by atoms with Crippen LogP contribution in [0.4, 0.5) is 5.13 Å². The van der Waals surface area contributed by atoms with Gasteiger partial charge in [0.2, 0.25) is 5.91 Å². The van der Waals surface area contributed by atoms with Gasteiger partial charge in [-0.05, 0) is 47.4 Å². The molecule has 1 aromatic heterocycles. The maximum absolute atomic E-state index is 13.4. The van der Waals surface area contributed by atoms with Crippen LogP contribution in [0.2, 0.25) is 0 Å². The summed E-state index contributed by atoms with van der Waals surface area (Å²) in [5.74, 6) is -0.0873. The lowest BCUT2D eigenvalue weighted by atomic mass is 10.1. The summed E-state index contributed by atoms with van der Waals surface area (Å²) < 4.78 is 24.5. The van der Waals surface area contributed by atoms with Gasteiger partial charge in [-0.2, -0.15) is 0 Å². The molecule has 0 fully saturated rings. The van der Waals surface area contributed by atoms with Gasteiger partial charge in [-0.15, -0.1) is 0 Å². The first-order chi connectivity index (χ1) is 15.3. The van der Waals surface area contributed by atoms with Crippen LogP contribution in [0.1, 0.15) is 23.6 Å². The third-order valence-electron chi connectivity index (χ3n) is 5.27.